The zero-order chi connectivity index (χ0) is 20.2. The molecular formula is C24H27ClN2O2. The Hall–Kier alpha value is -2.17. The summed E-state index contributed by atoms with van der Waals surface area (Å²) >= 11 is 6.07. The predicted octanol–water partition coefficient (Wildman–Crippen LogP) is 5.33. The Labute approximate surface area is 176 Å². The van der Waals surface area contributed by atoms with Gasteiger partial charge in [0.2, 0.25) is 0 Å². The van der Waals surface area contributed by atoms with E-state index >= 15 is 0 Å². The topological polar surface area (TPSA) is 43.6 Å². The molecule has 0 N–H and O–H groups in total. The van der Waals surface area contributed by atoms with E-state index in [4.69, 9.17) is 16.3 Å². The third kappa shape index (κ3) is 4.71. The van der Waals surface area contributed by atoms with Gasteiger partial charge in [-0.3, -0.25) is 9.20 Å². The van der Waals surface area contributed by atoms with Gasteiger partial charge >= 0.3 is 0 Å². The number of imidazole rings is 1. The van der Waals surface area contributed by atoms with E-state index in [2.05, 4.69) is 29.2 Å². The average molecular weight is 411 g/mol. The average Bonchev–Trinajstić information content (AvgIpc) is 3.11. The molecule has 0 saturated carbocycles. The summed E-state index contributed by atoms with van der Waals surface area (Å²) in [6.07, 6.45) is 7.19. The smallest absolute Gasteiger partial charge is 0.181 e. The zero-order valence-electron chi connectivity index (χ0n) is 16.9. The van der Waals surface area contributed by atoms with E-state index in [1.165, 1.54) is 11.1 Å². The molecule has 1 fully saturated rings. The van der Waals surface area contributed by atoms with Crippen molar-refractivity contribution in [3.8, 4) is 0 Å². The molecule has 5 heteroatoms. The molecule has 1 saturated heterocycles. The van der Waals surface area contributed by atoms with Crippen molar-refractivity contribution in [3.05, 3.63) is 70.1 Å². The minimum atomic E-state index is 0.128. The summed E-state index contributed by atoms with van der Waals surface area (Å²) < 4.78 is 7.31. The fourth-order valence-corrected chi connectivity index (χ4v) is 4.27. The van der Waals surface area contributed by atoms with E-state index in [-0.39, 0.29) is 5.78 Å². The van der Waals surface area contributed by atoms with Crippen molar-refractivity contribution in [2.45, 2.75) is 45.4 Å². The molecule has 0 spiro atoms. The van der Waals surface area contributed by atoms with Crippen LogP contribution in [-0.2, 0) is 24.0 Å². The molecule has 4 rings (SSSR count). The van der Waals surface area contributed by atoms with E-state index in [1.54, 1.807) is 12.1 Å². The number of aromatic nitrogens is 2. The molecule has 152 valence electrons. The van der Waals surface area contributed by atoms with Crippen molar-refractivity contribution in [3.63, 3.8) is 0 Å². The molecule has 1 aliphatic heterocycles. The SMILES string of the molecule is CCc1nc2cc(Cl)ccn2c1C(=O)CCc1ccc(CC2CCOCC2)cc1. The van der Waals surface area contributed by atoms with E-state index in [0.29, 0.717) is 17.1 Å². The number of aryl methyl sites for hydroxylation is 2. The van der Waals surface area contributed by atoms with Gasteiger partial charge in [-0.2, -0.15) is 0 Å². The number of hydrogen-bond donors (Lipinski definition) is 0. The normalized spacial score (nSPS) is 15.1. The molecule has 0 unspecified atom stereocenters. The quantitative estimate of drug-likeness (QED) is 0.494. The first-order valence-corrected chi connectivity index (χ1v) is 10.9. The maximum absolute atomic E-state index is 13.0. The highest BCUT2D eigenvalue weighted by Gasteiger charge is 2.18. The number of ether oxygens (including phenoxy) is 1. The van der Waals surface area contributed by atoms with Crippen LogP contribution >= 0.6 is 11.6 Å². The van der Waals surface area contributed by atoms with Gasteiger partial charge in [0.15, 0.2) is 5.78 Å². The largest absolute Gasteiger partial charge is 0.381 e. The number of fused-ring (bicyclic) bond motifs is 1. The standard InChI is InChI=1S/C24H27ClN2O2/c1-2-21-24(27-12-9-20(25)16-23(27)26-21)22(28)8-7-17-3-5-18(6-4-17)15-19-10-13-29-14-11-19/h3-6,9,12,16,19H,2,7-8,10-11,13-15H2,1H3. The Morgan fingerprint density at radius 3 is 2.62 bits per heavy atom. The van der Waals surface area contributed by atoms with E-state index in [9.17, 15) is 4.79 Å². The van der Waals surface area contributed by atoms with Crippen LogP contribution in [0.2, 0.25) is 5.02 Å². The summed E-state index contributed by atoms with van der Waals surface area (Å²) in [5.41, 5.74) is 4.83. The number of Topliss-reactive ketones (excluding diaryl/α,β-unsaturated/α-hetero) is 1. The molecule has 0 bridgehead atoms. The van der Waals surface area contributed by atoms with Crippen molar-refractivity contribution in [2.24, 2.45) is 5.92 Å². The molecular weight excluding hydrogens is 384 g/mol. The number of nitrogens with zero attached hydrogens (tertiary/aromatic N) is 2. The second kappa shape index (κ2) is 9.10. The van der Waals surface area contributed by atoms with Gasteiger partial charge in [0, 0.05) is 36.9 Å². The number of halogens is 1. The highest BCUT2D eigenvalue weighted by Crippen LogP contribution is 2.22. The lowest BCUT2D eigenvalue weighted by atomic mass is 9.92. The van der Waals surface area contributed by atoms with Gasteiger partial charge in [-0.1, -0.05) is 42.8 Å². The van der Waals surface area contributed by atoms with E-state index < -0.39 is 0 Å². The molecule has 1 aliphatic rings. The Bertz CT molecular complexity index is 988. The fourth-order valence-electron chi connectivity index (χ4n) is 4.11. The lowest BCUT2D eigenvalue weighted by molar-refractivity contribution is 0.0665. The maximum Gasteiger partial charge on any atom is 0.181 e. The first-order valence-electron chi connectivity index (χ1n) is 10.5. The van der Waals surface area contributed by atoms with Crippen molar-refractivity contribution >= 4 is 23.0 Å². The van der Waals surface area contributed by atoms with Gasteiger partial charge in [-0.25, -0.2) is 4.98 Å². The van der Waals surface area contributed by atoms with Gasteiger partial charge < -0.3 is 4.74 Å². The van der Waals surface area contributed by atoms with Crippen LogP contribution in [0.3, 0.4) is 0 Å². The third-order valence-corrected chi connectivity index (χ3v) is 6.02. The van der Waals surface area contributed by atoms with Crippen LogP contribution in [0.1, 0.15) is 53.5 Å². The molecule has 3 aromatic rings. The lowest BCUT2D eigenvalue weighted by Crippen LogP contribution is -2.17. The number of ketones is 1. The number of pyridine rings is 1. The highest BCUT2D eigenvalue weighted by molar-refractivity contribution is 6.30. The summed E-state index contributed by atoms with van der Waals surface area (Å²) in [7, 11) is 0. The Morgan fingerprint density at radius 2 is 1.90 bits per heavy atom. The Balaban J connectivity index is 1.41. The van der Waals surface area contributed by atoms with E-state index in [0.717, 1.165) is 62.6 Å². The molecule has 0 aliphatic carbocycles. The molecule has 0 radical (unpaired) electrons. The summed E-state index contributed by atoms with van der Waals surface area (Å²) in [4.78, 5) is 17.6. The van der Waals surface area contributed by atoms with Crippen LogP contribution in [0.25, 0.3) is 5.65 Å². The van der Waals surface area contributed by atoms with Gasteiger partial charge in [-0.15, -0.1) is 0 Å². The van der Waals surface area contributed by atoms with Crippen LogP contribution in [0.5, 0.6) is 0 Å². The molecule has 3 heterocycles. The molecule has 29 heavy (non-hydrogen) atoms. The highest BCUT2D eigenvalue weighted by atomic mass is 35.5. The van der Waals surface area contributed by atoms with Crippen LogP contribution in [-0.4, -0.2) is 28.4 Å². The lowest BCUT2D eigenvalue weighted by Gasteiger charge is -2.22. The summed E-state index contributed by atoms with van der Waals surface area (Å²) in [5, 5.41) is 0.630. The molecule has 4 nitrogen and oxygen atoms in total. The van der Waals surface area contributed by atoms with Crippen LogP contribution in [0.15, 0.2) is 42.6 Å². The van der Waals surface area contributed by atoms with E-state index in [1.807, 2.05) is 17.5 Å². The molecule has 1 aromatic carbocycles. The van der Waals surface area contributed by atoms with Gasteiger partial charge in [-0.05, 0) is 55.2 Å². The van der Waals surface area contributed by atoms with Crippen molar-refractivity contribution < 1.29 is 9.53 Å². The fraction of sp³-hybridized carbons (Fsp3) is 0.417. The third-order valence-electron chi connectivity index (χ3n) is 5.79. The summed E-state index contributed by atoms with van der Waals surface area (Å²) in [6.45, 7) is 3.80. The first kappa shape index (κ1) is 20.1. The van der Waals surface area contributed by atoms with Crippen molar-refractivity contribution in [1.82, 2.24) is 9.38 Å². The first-order chi connectivity index (χ1) is 14.1. The minimum Gasteiger partial charge on any atom is -0.381 e. The summed E-state index contributed by atoms with van der Waals surface area (Å²) in [5.74, 6) is 0.857. The monoisotopic (exact) mass is 410 g/mol. The number of rotatable bonds is 7. The molecule has 0 atom stereocenters. The molecule has 0 amide bonds. The van der Waals surface area contributed by atoms with Crippen LogP contribution in [0, 0.1) is 5.92 Å². The van der Waals surface area contributed by atoms with Gasteiger partial charge in [0.25, 0.3) is 0 Å². The van der Waals surface area contributed by atoms with Crippen molar-refractivity contribution in [2.75, 3.05) is 13.2 Å². The number of benzene rings is 1. The molecule has 2 aromatic heterocycles. The second-order valence-corrected chi connectivity index (χ2v) is 8.27. The number of carbonyl (C=O) groups excluding carboxylic acids is 1. The minimum absolute atomic E-state index is 0.128. The van der Waals surface area contributed by atoms with Gasteiger partial charge in [0.1, 0.15) is 11.3 Å². The number of carbonyl (C=O) groups is 1. The van der Waals surface area contributed by atoms with Crippen LogP contribution < -0.4 is 0 Å². The Morgan fingerprint density at radius 1 is 1.17 bits per heavy atom. The zero-order valence-corrected chi connectivity index (χ0v) is 17.6. The Kier molecular flexibility index (Phi) is 6.31. The number of hydrogen-bond acceptors (Lipinski definition) is 3. The van der Waals surface area contributed by atoms with Crippen molar-refractivity contribution in [1.29, 1.82) is 0 Å². The maximum atomic E-state index is 13.0. The summed E-state index contributed by atoms with van der Waals surface area (Å²) in [6, 6.07) is 12.3. The predicted molar refractivity (Wildman–Crippen MR) is 116 cm³/mol. The van der Waals surface area contributed by atoms with Crippen LogP contribution in [0.4, 0.5) is 0 Å². The van der Waals surface area contributed by atoms with Gasteiger partial charge in [0.05, 0.1) is 5.69 Å². The second-order valence-electron chi connectivity index (χ2n) is 7.83.